The fraction of sp³-hybridized carbons (Fsp3) is 0.800. The maximum Gasteiger partial charge on any atom is 0.312 e. The van der Waals surface area contributed by atoms with Gasteiger partial charge in [0.2, 0.25) is 0 Å². The maximum absolute atomic E-state index is 5.17. The van der Waals surface area contributed by atoms with Gasteiger partial charge in [0.05, 0.1) is 0 Å². The lowest BCUT2D eigenvalue weighted by atomic mass is 10.9. The number of thioether (sulfide) groups is 1. The molecule has 0 aromatic carbocycles. The van der Waals surface area contributed by atoms with Gasteiger partial charge in [0, 0.05) is 20.0 Å². The van der Waals surface area contributed by atoms with Crippen LogP contribution < -0.4 is 0 Å². The SMILES string of the molecule is COP(=S)(/N=C1/OCCS1)OC. The highest BCUT2D eigenvalue weighted by Crippen LogP contribution is 2.49. The Morgan fingerprint density at radius 3 is 2.67 bits per heavy atom. The Bertz CT molecular complexity index is 217. The molecule has 0 radical (unpaired) electrons. The monoisotopic (exact) mass is 227 g/mol. The van der Waals surface area contributed by atoms with E-state index in [0.29, 0.717) is 11.8 Å². The van der Waals surface area contributed by atoms with Crippen LogP contribution in [0.1, 0.15) is 0 Å². The van der Waals surface area contributed by atoms with Crippen molar-refractivity contribution in [1.29, 1.82) is 0 Å². The van der Waals surface area contributed by atoms with Crippen molar-refractivity contribution in [3.8, 4) is 0 Å². The topological polar surface area (TPSA) is 40.0 Å². The van der Waals surface area contributed by atoms with Crippen LogP contribution in [0.25, 0.3) is 0 Å². The molecule has 1 saturated heterocycles. The zero-order valence-electron chi connectivity index (χ0n) is 6.85. The quantitative estimate of drug-likeness (QED) is 0.685. The minimum Gasteiger partial charge on any atom is -0.472 e. The van der Waals surface area contributed by atoms with Crippen molar-refractivity contribution in [3.63, 3.8) is 0 Å². The minimum atomic E-state index is -2.45. The second-order valence-corrected chi connectivity index (χ2v) is 6.19. The summed E-state index contributed by atoms with van der Waals surface area (Å²) in [6.07, 6.45) is 0. The molecule has 0 unspecified atom stereocenters. The van der Waals surface area contributed by atoms with E-state index in [1.807, 2.05) is 0 Å². The summed E-state index contributed by atoms with van der Waals surface area (Å²) in [5.41, 5.74) is 0. The molecule has 12 heavy (non-hydrogen) atoms. The third-order valence-electron chi connectivity index (χ3n) is 1.20. The molecule has 0 N–H and O–H groups in total. The van der Waals surface area contributed by atoms with Crippen molar-refractivity contribution < 1.29 is 13.8 Å². The van der Waals surface area contributed by atoms with Gasteiger partial charge in [-0.3, -0.25) is 0 Å². The molecule has 1 rings (SSSR count). The standard InChI is InChI=1S/C5H10NO3PS2/c1-7-10(11,8-2)6-5-9-3-4-12-5/h3-4H2,1-2H3/b6-5-. The Morgan fingerprint density at radius 2 is 2.25 bits per heavy atom. The largest absolute Gasteiger partial charge is 0.472 e. The fourth-order valence-corrected chi connectivity index (χ4v) is 2.62. The summed E-state index contributed by atoms with van der Waals surface area (Å²) in [4.78, 5) is 0. The Morgan fingerprint density at radius 1 is 1.58 bits per heavy atom. The van der Waals surface area contributed by atoms with Gasteiger partial charge in [-0.15, -0.1) is 0 Å². The number of nitrogens with zero attached hydrogens (tertiary/aromatic N) is 1. The second kappa shape index (κ2) is 4.58. The maximum atomic E-state index is 5.17. The van der Waals surface area contributed by atoms with E-state index < -0.39 is 6.64 Å². The summed E-state index contributed by atoms with van der Waals surface area (Å²) in [7, 11) is 2.99. The van der Waals surface area contributed by atoms with Gasteiger partial charge in [0.25, 0.3) is 5.23 Å². The summed E-state index contributed by atoms with van der Waals surface area (Å²) >= 11 is 6.56. The van der Waals surface area contributed by atoms with Crippen molar-refractivity contribution in [1.82, 2.24) is 0 Å². The van der Waals surface area contributed by atoms with Gasteiger partial charge < -0.3 is 13.8 Å². The van der Waals surface area contributed by atoms with E-state index in [1.54, 1.807) is 0 Å². The van der Waals surface area contributed by atoms with E-state index in [-0.39, 0.29) is 0 Å². The average Bonchev–Trinajstić information content (AvgIpc) is 2.57. The van der Waals surface area contributed by atoms with Crippen LogP contribution in [0.4, 0.5) is 0 Å². The Kier molecular flexibility index (Phi) is 3.99. The first-order chi connectivity index (χ1) is 5.70. The third kappa shape index (κ3) is 2.71. The molecule has 1 heterocycles. The Labute approximate surface area is 80.9 Å². The molecule has 0 saturated carbocycles. The molecule has 0 spiro atoms. The summed E-state index contributed by atoms with van der Waals surface area (Å²) in [6, 6.07) is 0. The smallest absolute Gasteiger partial charge is 0.312 e. The van der Waals surface area contributed by atoms with Crippen molar-refractivity contribution in [3.05, 3.63) is 0 Å². The minimum absolute atomic E-state index is 0.585. The van der Waals surface area contributed by atoms with Gasteiger partial charge in [-0.2, -0.15) is 4.76 Å². The highest BCUT2D eigenvalue weighted by atomic mass is 32.5. The number of ether oxygens (including phenoxy) is 1. The van der Waals surface area contributed by atoms with Crippen molar-refractivity contribution >= 4 is 35.4 Å². The first-order valence-corrected chi connectivity index (χ1v) is 6.85. The van der Waals surface area contributed by atoms with Crippen LogP contribution in [-0.2, 0) is 25.6 Å². The van der Waals surface area contributed by atoms with Crippen LogP contribution in [0, 0.1) is 0 Å². The summed E-state index contributed by atoms with van der Waals surface area (Å²) in [5.74, 6) is 0.918. The molecule has 1 aliphatic heterocycles. The van der Waals surface area contributed by atoms with Crippen LogP contribution in [0.3, 0.4) is 0 Å². The van der Waals surface area contributed by atoms with Gasteiger partial charge in [-0.05, 0) is 11.8 Å². The lowest BCUT2D eigenvalue weighted by molar-refractivity contribution is 0.331. The van der Waals surface area contributed by atoms with Crippen LogP contribution in [0.5, 0.6) is 0 Å². The molecule has 0 aliphatic carbocycles. The van der Waals surface area contributed by atoms with Gasteiger partial charge in [-0.25, -0.2) is 0 Å². The predicted molar refractivity (Wildman–Crippen MR) is 54.1 cm³/mol. The van der Waals surface area contributed by atoms with Gasteiger partial charge >= 0.3 is 6.64 Å². The van der Waals surface area contributed by atoms with Crippen molar-refractivity contribution in [2.75, 3.05) is 26.6 Å². The molecule has 0 bridgehead atoms. The van der Waals surface area contributed by atoms with Crippen molar-refractivity contribution in [2.45, 2.75) is 0 Å². The van der Waals surface area contributed by atoms with E-state index >= 15 is 0 Å². The summed E-state index contributed by atoms with van der Waals surface area (Å²) in [6.45, 7) is -1.77. The number of hydrogen-bond acceptors (Lipinski definition) is 5. The average molecular weight is 227 g/mol. The summed E-state index contributed by atoms with van der Waals surface area (Å²) < 4.78 is 19.2. The van der Waals surface area contributed by atoms with E-state index in [2.05, 4.69) is 4.76 Å². The molecular formula is C5H10NO3PS2. The van der Waals surface area contributed by atoms with E-state index in [4.69, 9.17) is 25.6 Å². The van der Waals surface area contributed by atoms with E-state index in [9.17, 15) is 0 Å². The van der Waals surface area contributed by atoms with E-state index in [0.717, 1.165) is 5.75 Å². The molecule has 0 aromatic heterocycles. The van der Waals surface area contributed by atoms with Crippen LogP contribution >= 0.6 is 18.4 Å². The molecule has 7 heteroatoms. The van der Waals surface area contributed by atoms with Gasteiger partial charge in [0.1, 0.15) is 6.61 Å². The van der Waals surface area contributed by atoms with E-state index in [1.165, 1.54) is 26.0 Å². The zero-order valence-corrected chi connectivity index (χ0v) is 9.38. The van der Waals surface area contributed by atoms with Gasteiger partial charge in [-0.1, -0.05) is 11.8 Å². The first-order valence-electron chi connectivity index (χ1n) is 3.27. The highest BCUT2D eigenvalue weighted by molar-refractivity contribution is 8.15. The molecule has 0 aromatic rings. The predicted octanol–water partition coefficient (Wildman–Crippen LogP) is 1.62. The lowest BCUT2D eigenvalue weighted by Gasteiger charge is -2.11. The van der Waals surface area contributed by atoms with Crippen LogP contribution in [0.2, 0.25) is 0 Å². The molecule has 0 atom stereocenters. The molecule has 0 amide bonds. The molecule has 70 valence electrons. The normalized spacial score (nSPS) is 21.3. The highest BCUT2D eigenvalue weighted by Gasteiger charge is 2.19. The Hall–Kier alpha value is 0.390. The Balaban J connectivity index is 2.68. The third-order valence-corrected chi connectivity index (χ3v) is 4.65. The van der Waals surface area contributed by atoms with Gasteiger partial charge in [0.15, 0.2) is 0 Å². The van der Waals surface area contributed by atoms with Crippen LogP contribution in [-0.4, -0.2) is 31.8 Å². The first kappa shape index (κ1) is 10.5. The molecule has 1 fully saturated rings. The molecular weight excluding hydrogens is 217 g/mol. The van der Waals surface area contributed by atoms with Crippen molar-refractivity contribution in [2.24, 2.45) is 4.76 Å². The van der Waals surface area contributed by atoms with Crippen LogP contribution in [0.15, 0.2) is 4.76 Å². The lowest BCUT2D eigenvalue weighted by Crippen LogP contribution is -1.92. The number of hydrogen-bond donors (Lipinski definition) is 0. The number of rotatable bonds is 3. The summed E-state index contributed by atoms with van der Waals surface area (Å²) in [5, 5.41) is 0.585. The molecule has 1 aliphatic rings. The second-order valence-electron chi connectivity index (χ2n) is 1.90. The fourth-order valence-electron chi connectivity index (χ4n) is 0.614. The molecule has 4 nitrogen and oxygen atoms in total. The zero-order chi connectivity index (χ0) is 9.03.